The van der Waals surface area contributed by atoms with Crippen LogP contribution in [0.5, 0.6) is 0 Å². The van der Waals surface area contributed by atoms with Gasteiger partial charge in [-0.3, -0.25) is 14.9 Å². The normalized spacial score (nSPS) is 9.53. The predicted molar refractivity (Wildman–Crippen MR) is 53.7 cm³/mol. The molecule has 0 bridgehead atoms. The molecular formula is C9H7FN2O5. The Bertz CT molecular complexity index is 488. The molecule has 0 fully saturated rings. The van der Waals surface area contributed by atoms with Crippen LogP contribution in [0.3, 0.4) is 0 Å². The fourth-order valence-corrected chi connectivity index (χ4v) is 1.01. The highest BCUT2D eigenvalue weighted by Crippen LogP contribution is 2.20. The lowest BCUT2D eigenvalue weighted by molar-refractivity contribution is -0.387. The molecule has 8 heteroatoms. The molecule has 0 aliphatic rings. The van der Waals surface area contributed by atoms with Gasteiger partial charge in [0.05, 0.1) is 12.0 Å². The Labute approximate surface area is 94.3 Å². The van der Waals surface area contributed by atoms with Gasteiger partial charge in [0.25, 0.3) is 0 Å². The molecule has 0 heterocycles. The standard InChI is InChI=1S/C9H7FN2O5/c1-17-9(14)8(13)11-5-2-3-7(12(15)16)6(10)4-5/h2-4H,1H3,(H,11,13). The van der Waals surface area contributed by atoms with Crippen LogP contribution in [0.2, 0.25) is 0 Å². The van der Waals surface area contributed by atoms with Crippen molar-refractivity contribution in [2.24, 2.45) is 0 Å². The maximum atomic E-state index is 13.1. The average molecular weight is 242 g/mol. The highest BCUT2D eigenvalue weighted by Gasteiger charge is 2.17. The number of hydrogen-bond donors (Lipinski definition) is 1. The first-order chi connectivity index (χ1) is 7.95. The molecule has 1 aromatic carbocycles. The first-order valence-electron chi connectivity index (χ1n) is 4.29. The maximum absolute atomic E-state index is 13.1. The second-order valence-corrected chi connectivity index (χ2v) is 2.87. The van der Waals surface area contributed by atoms with E-state index in [0.29, 0.717) is 0 Å². The van der Waals surface area contributed by atoms with E-state index in [1.54, 1.807) is 0 Å². The second-order valence-electron chi connectivity index (χ2n) is 2.87. The number of nitrogens with one attached hydrogen (secondary N) is 1. The Morgan fingerprint density at radius 3 is 2.59 bits per heavy atom. The third kappa shape index (κ3) is 2.97. The number of ether oxygens (including phenoxy) is 1. The molecule has 1 rings (SSSR count). The molecule has 0 spiro atoms. The van der Waals surface area contributed by atoms with E-state index >= 15 is 0 Å². The van der Waals surface area contributed by atoms with Crippen molar-refractivity contribution in [2.75, 3.05) is 12.4 Å². The maximum Gasteiger partial charge on any atom is 0.396 e. The van der Waals surface area contributed by atoms with E-state index in [2.05, 4.69) is 4.74 Å². The zero-order valence-corrected chi connectivity index (χ0v) is 8.60. The largest absolute Gasteiger partial charge is 0.462 e. The van der Waals surface area contributed by atoms with E-state index in [4.69, 9.17) is 0 Å². The molecule has 0 aliphatic heterocycles. The van der Waals surface area contributed by atoms with Crippen molar-refractivity contribution < 1.29 is 23.6 Å². The van der Waals surface area contributed by atoms with Crippen LogP contribution in [0.15, 0.2) is 18.2 Å². The number of carbonyl (C=O) groups excluding carboxylic acids is 2. The average Bonchev–Trinajstić information content (AvgIpc) is 2.27. The molecule has 1 aromatic rings. The van der Waals surface area contributed by atoms with Gasteiger partial charge in [-0.05, 0) is 6.07 Å². The predicted octanol–water partition coefficient (Wildman–Crippen LogP) is 0.845. The molecule has 0 aliphatic carbocycles. The molecule has 0 saturated heterocycles. The lowest BCUT2D eigenvalue weighted by atomic mass is 10.2. The highest BCUT2D eigenvalue weighted by molar-refractivity contribution is 6.37. The van der Waals surface area contributed by atoms with Crippen molar-refractivity contribution in [1.29, 1.82) is 0 Å². The molecule has 1 N–H and O–H groups in total. The molecule has 0 unspecified atom stereocenters. The monoisotopic (exact) mass is 242 g/mol. The number of hydrogen-bond acceptors (Lipinski definition) is 5. The fraction of sp³-hybridized carbons (Fsp3) is 0.111. The zero-order valence-electron chi connectivity index (χ0n) is 8.60. The molecule has 17 heavy (non-hydrogen) atoms. The number of amides is 1. The van der Waals surface area contributed by atoms with Gasteiger partial charge in [-0.25, -0.2) is 4.79 Å². The van der Waals surface area contributed by atoms with Gasteiger partial charge in [-0.15, -0.1) is 0 Å². The van der Waals surface area contributed by atoms with Crippen LogP contribution in [0.4, 0.5) is 15.8 Å². The second kappa shape index (κ2) is 5.01. The molecule has 0 saturated carbocycles. The van der Waals surface area contributed by atoms with E-state index in [1.165, 1.54) is 0 Å². The number of halogens is 1. The Balaban J connectivity index is 2.88. The number of esters is 1. The summed E-state index contributed by atoms with van der Waals surface area (Å²) in [5.74, 6) is -3.36. The van der Waals surface area contributed by atoms with Gasteiger partial charge in [-0.2, -0.15) is 4.39 Å². The number of nitro groups is 1. The number of carbonyl (C=O) groups is 2. The Morgan fingerprint density at radius 2 is 2.12 bits per heavy atom. The minimum atomic E-state index is -1.15. The number of methoxy groups -OCH3 is 1. The summed E-state index contributed by atoms with van der Waals surface area (Å²) < 4.78 is 17.2. The van der Waals surface area contributed by atoms with E-state index < -0.39 is 28.3 Å². The third-order valence-corrected chi connectivity index (χ3v) is 1.77. The molecule has 0 aromatic heterocycles. The van der Waals surface area contributed by atoms with Crippen molar-refractivity contribution >= 4 is 23.3 Å². The Morgan fingerprint density at radius 1 is 1.47 bits per heavy atom. The van der Waals surface area contributed by atoms with Gasteiger partial charge in [-0.1, -0.05) is 0 Å². The summed E-state index contributed by atoms with van der Waals surface area (Å²) in [5, 5.41) is 12.3. The van der Waals surface area contributed by atoms with Crippen LogP contribution in [0.25, 0.3) is 0 Å². The van der Waals surface area contributed by atoms with Crippen molar-refractivity contribution in [3.63, 3.8) is 0 Å². The number of benzene rings is 1. The lowest BCUT2D eigenvalue weighted by Crippen LogP contribution is -2.23. The van der Waals surface area contributed by atoms with Crippen LogP contribution in [-0.4, -0.2) is 23.9 Å². The van der Waals surface area contributed by atoms with E-state index in [1.807, 2.05) is 5.32 Å². The van der Waals surface area contributed by atoms with Crippen molar-refractivity contribution in [2.45, 2.75) is 0 Å². The Hall–Kier alpha value is -2.51. The quantitative estimate of drug-likeness (QED) is 0.358. The molecule has 7 nitrogen and oxygen atoms in total. The van der Waals surface area contributed by atoms with Crippen LogP contribution >= 0.6 is 0 Å². The molecule has 0 radical (unpaired) electrons. The summed E-state index contributed by atoms with van der Waals surface area (Å²) in [7, 11) is 1.01. The van der Waals surface area contributed by atoms with Crippen LogP contribution in [0.1, 0.15) is 0 Å². The summed E-state index contributed by atoms with van der Waals surface area (Å²) in [4.78, 5) is 31.2. The van der Waals surface area contributed by atoms with E-state index in [0.717, 1.165) is 25.3 Å². The Kier molecular flexibility index (Phi) is 3.70. The van der Waals surface area contributed by atoms with Gasteiger partial charge < -0.3 is 10.1 Å². The highest BCUT2D eigenvalue weighted by atomic mass is 19.1. The molecule has 90 valence electrons. The summed E-state index contributed by atoms with van der Waals surface area (Å²) in [5.41, 5.74) is -0.801. The molecule has 0 atom stereocenters. The number of anilines is 1. The van der Waals surface area contributed by atoms with Gasteiger partial charge in [0.1, 0.15) is 0 Å². The number of nitro benzene ring substituents is 1. The first kappa shape index (κ1) is 12.6. The summed E-state index contributed by atoms with van der Waals surface area (Å²) in [6.07, 6.45) is 0. The SMILES string of the molecule is COC(=O)C(=O)Nc1ccc([N+](=O)[O-])c(F)c1. The topological polar surface area (TPSA) is 98.5 Å². The zero-order chi connectivity index (χ0) is 13.0. The van der Waals surface area contributed by atoms with Gasteiger partial charge in [0.15, 0.2) is 0 Å². The minimum Gasteiger partial charge on any atom is -0.462 e. The summed E-state index contributed by atoms with van der Waals surface area (Å²) >= 11 is 0. The summed E-state index contributed by atoms with van der Waals surface area (Å²) in [6.45, 7) is 0. The smallest absolute Gasteiger partial charge is 0.396 e. The lowest BCUT2D eigenvalue weighted by Gasteiger charge is -2.03. The fourth-order valence-electron chi connectivity index (χ4n) is 1.01. The van der Waals surface area contributed by atoms with Gasteiger partial charge >= 0.3 is 17.6 Å². The first-order valence-corrected chi connectivity index (χ1v) is 4.29. The van der Waals surface area contributed by atoms with Crippen LogP contribution < -0.4 is 5.32 Å². The van der Waals surface area contributed by atoms with E-state index in [9.17, 15) is 24.1 Å². The van der Waals surface area contributed by atoms with E-state index in [-0.39, 0.29) is 5.69 Å². The van der Waals surface area contributed by atoms with Crippen LogP contribution in [-0.2, 0) is 14.3 Å². The van der Waals surface area contributed by atoms with Gasteiger partial charge in [0, 0.05) is 17.8 Å². The van der Waals surface area contributed by atoms with Crippen LogP contribution in [0, 0.1) is 15.9 Å². The number of rotatable bonds is 2. The van der Waals surface area contributed by atoms with Crippen molar-refractivity contribution in [3.8, 4) is 0 Å². The van der Waals surface area contributed by atoms with Crippen molar-refractivity contribution in [3.05, 3.63) is 34.1 Å². The van der Waals surface area contributed by atoms with Crippen molar-refractivity contribution in [1.82, 2.24) is 0 Å². The van der Waals surface area contributed by atoms with Gasteiger partial charge in [0.2, 0.25) is 5.82 Å². The minimum absolute atomic E-state index is 0.0801. The molecule has 1 amide bonds. The third-order valence-electron chi connectivity index (χ3n) is 1.77. The summed E-state index contributed by atoms with van der Waals surface area (Å²) in [6, 6.07) is 2.71. The molecular weight excluding hydrogens is 235 g/mol. The number of nitrogens with zero attached hydrogens (tertiary/aromatic N) is 1.